The Balaban J connectivity index is 2.24. The fourth-order valence-corrected chi connectivity index (χ4v) is 2.09. The Bertz CT molecular complexity index is 238. The van der Waals surface area contributed by atoms with Crippen LogP contribution in [0.1, 0.15) is 44.9 Å². The summed E-state index contributed by atoms with van der Waals surface area (Å²) in [4.78, 5) is 22.5. The highest BCUT2D eigenvalue weighted by molar-refractivity contribution is 6.19. The summed E-state index contributed by atoms with van der Waals surface area (Å²) in [5, 5.41) is 5.11. The number of imide groups is 1. The van der Waals surface area contributed by atoms with Crippen LogP contribution >= 0.6 is 11.6 Å². The molecule has 1 saturated carbocycles. The Morgan fingerprint density at radius 3 is 2.31 bits per heavy atom. The predicted molar refractivity (Wildman–Crippen MR) is 63.5 cm³/mol. The van der Waals surface area contributed by atoms with Gasteiger partial charge in [0.15, 0.2) is 0 Å². The van der Waals surface area contributed by atoms with E-state index in [0.717, 1.165) is 25.7 Å². The number of halogens is 1. The number of nitrogens with one attached hydrogen (secondary N) is 2. The van der Waals surface area contributed by atoms with E-state index < -0.39 is 0 Å². The van der Waals surface area contributed by atoms with Gasteiger partial charge in [-0.05, 0) is 12.8 Å². The summed E-state index contributed by atoms with van der Waals surface area (Å²) < 4.78 is 0. The molecule has 0 aromatic heterocycles. The molecule has 0 atom stereocenters. The van der Waals surface area contributed by atoms with Crippen LogP contribution in [-0.4, -0.2) is 23.9 Å². The van der Waals surface area contributed by atoms with Gasteiger partial charge < -0.3 is 5.32 Å². The lowest BCUT2D eigenvalue weighted by Crippen LogP contribution is -2.44. The highest BCUT2D eigenvalue weighted by Gasteiger charge is 2.15. The molecule has 1 aliphatic carbocycles. The van der Waals surface area contributed by atoms with Crippen molar-refractivity contribution in [3.63, 3.8) is 0 Å². The standard InChI is InChI=1S/C11H19ClN2O2/c12-8-7-10(15)14-11(16)13-9-5-3-1-2-4-6-9/h9H,1-8H2,(H2,13,14,15,16). The largest absolute Gasteiger partial charge is 0.335 e. The van der Waals surface area contributed by atoms with Gasteiger partial charge in [-0.1, -0.05) is 25.7 Å². The monoisotopic (exact) mass is 246 g/mol. The lowest BCUT2D eigenvalue weighted by molar-refractivity contribution is -0.119. The zero-order valence-corrected chi connectivity index (χ0v) is 10.2. The molecule has 2 N–H and O–H groups in total. The molecule has 1 fully saturated rings. The Kier molecular flexibility index (Phi) is 6.23. The quantitative estimate of drug-likeness (QED) is 0.592. The topological polar surface area (TPSA) is 58.2 Å². The zero-order valence-electron chi connectivity index (χ0n) is 9.43. The third kappa shape index (κ3) is 5.35. The van der Waals surface area contributed by atoms with Crippen LogP contribution in [-0.2, 0) is 4.79 Å². The maximum absolute atomic E-state index is 11.4. The van der Waals surface area contributed by atoms with Crippen LogP contribution in [0.15, 0.2) is 0 Å². The zero-order chi connectivity index (χ0) is 11.8. The normalized spacial score (nSPS) is 17.6. The second kappa shape index (κ2) is 7.49. The van der Waals surface area contributed by atoms with Gasteiger partial charge in [-0.15, -0.1) is 11.6 Å². The first-order chi connectivity index (χ1) is 7.72. The van der Waals surface area contributed by atoms with E-state index in [-0.39, 0.29) is 30.3 Å². The minimum atomic E-state index is -0.387. The summed E-state index contributed by atoms with van der Waals surface area (Å²) in [6, 6.07) is -0.173. The van der Waals surface area contributed by atoms with Crippen molar-refractivity contribution in [2.75, 3.05) is 5.88 Å². The first kappa shape index (κ1) is 13.3. The van der Waals surface area contributed by atoms with Crippen molar-refractivity contribution in [1.29, 1.82) is 0 Å². The second-order valence-electron chi connectivity index (χ2n) is 4.15. The van der Waals surface area contributed by atoms with E-state index in [4.69, 9.17) is 11.6 Å². The molecule has 16 heavy (non-hydrogen) atoms. The second-order valence-corrected chi connectivity index (χ2v) is 4.53. The van der Waals surface area contributed by atoms with Crippen LogP contribution in [0.5, 0.6) is 0 Å². The fourth-order valence-electron chi connectivity index (χ4n) is 1.92. The van der Waals surface area contributed by atoms with E-state index in [0.29, 0.717) is 0 Å². The van der Waals surface area contributed by atoms with E-state index in [1.165, 1.54) is 12.8 Å². The highest BCUT2D eigenvalue weighted by Crippen LogP contribution is 2.16. The van der Waals surface area contributed by atoms with E-state index in [1.54, 1.807) is 0 Å². The summed E-state index contributed by atoms with van der Waals surface area (Å²) >= 11 is 5.40. The molecular weight excluding hydrogens is 228 g/mol. The molecule has 0 unspecified atom stereocenters. The van der Waals surface area contributed by atoms with Gasteiger partial charge in [-0.2, -0.15) is 0 Å². The van der Waals surface area contributed by atoms with Crippen LogP contribution in [0.3, 0.4) is 0 Å². The van der Waals surface area contributed by atoms with E-state index in [9.17, 15) is 9.59 Å². The van der Waals surface area contributed by atoms with Crippen LogP contribution in [0.4, 0.5) is 4.79 Å². The molecule has 0 saturated heterocycles. The van der Waals surface area contributed by atoms with Crippen molar-refractivity contribution < 1.29 is 9.59 Å². The molecule has 0 heterocycles. The lowest BCUT2D eigenvalue weighted by Gasteiger charge is -2.16. The molecule has 0 radical (unpaired) electrons. The number of rotatable bonds is 3. The summed E-state index contributed by atoms with van der Waals surface area (Å²) in [5.41, 5.74) is 0. The molecule has 92 valence electrons. The van der Waals surface area contributed by atoms with Gasteiger partial charge in [0.25, 0.3) is 0 Å². The summed E-state index contributed by atoms with van der Waals surface area (Å²) in [6.45, 7) is 0. The van der Waals surface area contributed by atoms with Gasteiger partial charge in [-0.25, -0.2) is 4.79 Å². The van der Waals surface area contributed by atoms with Crippen LogP contribution in [0.2, 0.25) is 0 Å². The van der Waals surface area contributed by atoms with Gasteiger partial charge in [0, 0.05) is 18.3 Å². The smallest absolute Gasteiger partial charge is 0.321 e. The summed E-state index contributed by atoms with van der Waals surface area (Å²) in [6.07, 6.45) is 6.99. The van der Waals surface area contributed by atoms with E-state index in [2.05, 4.69) is 10.6 Å². The van der Waals surface area contributed by atoms with Crippen molar-refractivity contribution >= 4 is 23.5 Å². The van der Waals surface area contributed by atoms with E-state index >= 15 is 0 Å². The number of amides is 3. The summed E-state index contributed by atoms with van der Waals surface area (Å²) in [5.74, 6) is -0.0798. The summed E-state index contributed by atoms with van der Waals surface area (Å²) in [7, 11) is 0. The third-order valence-electron chi connectivity index (χ3n) is 2.76. The lowest BCUT2D eigenvalue weighted by atomic mass is 10.1. The minimum Gasteiger partial charge on any atom is -0.335 e. The Hall–Kier alpha value is -0.770. The molecule has 4 nitrogen and oxygen atoms in total. The van der Waals surface area contributed by atoms with Crippen LogP contribution < -0.4 is 10.6 Å². The van der Waals surface area contributed by atoms with Gasteiger partial charge in [0.05, 0.1) is 0 Å². The number of carbonyl (C=O) groups is 2. The van der Waals surface area contributed by atoms with Gasteiger partial charge in [0.2, 0.25) is 5.91 Å². The van der Waals surface area contributed by atoms with Crippen LogP contribution in [0, 0.1) is 0 Å². The molecule has 0 aromatic carbocycles. The average molecular weight is 247 g/mol. The van der Waals surface area contributed by atoms with Crippen molar-refractivity contribution in [2.24, 2.45) is 0 Å². The van der Waals surface area contributed by atoms with Crippen LogP contribution in [0.25, 0.3) is 0 Å². The number of carbonyl (C=O) groups excluding carboxylic acids is 2. The molecule has 0 aliphatic heterocycles. The number of alkyl halides is 1. The molecule has 0 spiro atoms. The molecule has 0 aromatic rings. The number of hydrogen-bond donors (Lipinski definition) is 2. The molecule has 1 aliphatic rings. The van der Waals surface area contributed by atoms with Crippen molar-refractivity contribution in [1.82, 2.24) is 10.6 Å². The Morgan fingerprint density at radius 2 is 1.75 bits per heavy atom. The molecule has 1 rings (SSSR count). The molecular formula is C11H19ClN2O2. The van der Waals surface area contributed by atoms with Crippen molar-refractivity contribution in [3.05, 3.63) is 0 Å². The maximum Gasteiger partial charge on any atom is 0.321 e. The minimum absolute atomic E-state index is 0.180. The third-order valence-corrected chi connectivity index (χ3v) is 2.95. The van der Waals surface area contributed by atoms with Crippen molar-refractivity contribution in [3.8, 4) is 0 Å². The number of urea groups is 1. The average Bonchev–Trinajstić information content (AvgIpc) is 2.46. The Labute approximate surface area is 101 Å². The fraction of sp³-hybridized carbons (Fsp3) is 0.818. The first-order valence-corrected chi connectivity index (χ1v) is 6.42. The SMILES string of the molecule is O=C(CCCl)NC(=O)NC1CCCCCC1. The van der Waals surface area contributed by atoms with Crippen molar-refractivity contribution in [2.45, 2.75) is 51.0 Å². The number of hydrogen-bond acceptors (Lipinski definition) is 2. The molecule has 5 heteroatoms. The molecule has 3 amide bonds. The van der Waals surface area contributed by atoms with Gasteiger partial charge >= 0.3 is 6.03 Å². The first-order valence-electron chi connectivity index (χ1n) is 5.88. The molecule has 0 bridgehead atoms. The van der Waals surface area contributed by atoms with Gasteiger partial charge in [-0.3, -0.25) is 10.1 Å². The Morgan fingerprint density at radius 1 is 1.12 bits per heavy atom. The van der Waals surface area contributed by atoms with Gasteiger partial charge in [0.1, 0.15) is 0 Å². The predicted octanol–water partition coefficient (Wildman–Crippen LogP) is 2.16. The van der Waals surface area contributed by atoms with E-state index in [1.807, 2.05) is 0 Å². The highest BCUT2D eigenvalue weighted by atomic mass is 35.5. The maximum atomic E-state index is 11.4.